The van der Waals surface area contributed by atoms with Gasteiger partial charge >= 0.3 is 12.1 Å². The third-order valence-corrected chi connectivity index (χ3v) is 3.96. The van der Waals surface area contributed by atoms with Gasteiger partial charge in [0.25, 0.3) is 0 Å². The second-order valence-electron chi connectivity index (χ2n) is 5.23. The fourth-order valence-electron chi connectivity index (χ4n) is 2.89. The summed E-state index contributed by atoms with van der Waals surface area (Å²) in [4.78, 5) is 23.9. The van der Waals surface area contributed by atoms with E-state index in [9.17, 15) is 23.5 Å². The molecule has 1 heterocycles. The summed E-state index contributed by atoms with van der Waals surface area (Å²) < 4.78 is 30.9. The second kappa shape index (κ2) is 6.72. The summed E-state index contributed by atoms with van der Waals surface area (Å²) in [5.41, 5.74) is 0.418. The zero-order valence-corrected chi connectivity index (χ0v) is 12.1. The van der Waals surface area contributed by atoms with E-state index in [-0.39, 0.29) is 12.5 Å². The summed E-state index contributed by atoms with van der Waals surface area (Å²) in [5, 5.41) is 9.40. The molecule has 2 atom stereocenters. The van der Waals surface area contributed by atoms with Crippen LogP contribution < -0.4 is 0 Å². The molecule has 0 radical (unpaired) electrons. The number of benzene rings is 1. The zero-order valence-electron chi connectivity index (χ0n) is 12.1. The Morgan fingerprint density at radius 3 is 2.64 bits per heavy atom. The number of hydrogen-bond donors (Lipinski definition) is 1. The SMILES string of the molecule is COC(=O)CC[C@@H]1CC[C@H](c2ccc(F)c(F)c2)N1C(=O)O. The molecule has 22 heavy (non-hydrogen) atoms. The van der Waals surface area contributed by atoms with Gasteiger partial charge in [-0.05, 0) is 37.0 Å². The first-order valence-electron chi connectivity index (χ1n) is 6.97. The van der Waals surface area contributed by atoms with Crippen molar-refractivity contribution in [3.63, 3.8) is 0 Å². The number of likely N-dealkylation sites (tertiary alicyclic amines) is 1. The number of nitrogens with zero attached hydrogens (tertiary/aromatic N) is 1. The Kier molecular flexibility index (Phi) is 4.95. The van der Waals surface area contributed by atoms with Crippen LogP contribution in [0.2, 0.25) is 0 Å². The molecule has 1 amide bonds. The highest BCUT2D eigenvalue weighted by Gasteiger charge is 2.38. The maximum atomic E-state index is 13.4. The van der Waals surface area contributed by atoms with Crippen LogP contribution in [0.3, 0.4) is 0 Å². The Morgan fingerprint density at radius 2 is 2.05 bits per heavy atom. The third-order valence-electron chi connectivity index (χ3n) is 3.96. The van der Waals surface area contributed by atoms with Gasteiger partial charge in [-0.25, -0.2) is 13.6 Å². The first-order chi connectivity index (χ1) is 10.4. The summed E-state index contributed by atoms with van der Waals surface area (Å²) in [5.74, 6) is -2.37. The minimum Gasteiger partial charge on any atom is -0.469 e. The summed E-state index contributed by atoms with van der Waals surface area (Å²) in [6.07, 6.45) is 0.396. The van der Waals surface area contributed by atoms with E-state index in [4.69, 9.17) is 0 Å². The van der Waals surface area contributed by atoms with Crippen molar-refractivity contribution in [2.45, 2.75) is 37.8 Å². The maximum Gasteiger partial charge on any atom is 0.408 e. The number of rotatable bonds is 4. The molecule has 1 aromatic rings. The smallest absolute Gasteiger partial charge is 0.408 e. The van der Waals surface area contributed by atoms with Crippen molar-refractivity contribution in [1.82, 2.24) is 4.90 Å². The monoisotopic (exact) mass is 313 g/mol. The molecule has 0 aromatic heterocycles. The maximum absolute atomic E-state index is 13.4. The van der Waals surface area contributed by atoms with Gasteiger partial charge in [-0.3, -0.25) is 9.69 Å². The zero-order chi connectivity index (χ0) is 16.3. The highest BCUT2D eigenvalue weighted by atomic mass is 19.2. The van der Waals surface area contributed by atoms with Crippen LogP contribution in [0.25, 0.3) is 0 Å². The van der Waals surface area contributed by atoms with Gasteiger partial charge in [-0.15, -0.1) is 0 Å². The molecule has 120 valence electrons. The summed E-state index contributed by atoms with van der Waals surface area (Å²) in [6.45, 7) is 0. The van der Waals surface area contributed by atoms with Crippen molar-refractivity contribution < 1.29 is 28.2 Å². The van der Waals surface area contributed by atoms with E-state index in [1.807, 2.05) is 0 Å². The molecule has 1 N–H and O–H groups in total. The van der Waals surface area contributed by atoms with Gasteiger partial charge < -0.3 is 9.84 Å². The Labute approximate surface area is 126 Å². The van der Waals surface area contributed by atoms with E-state index in [0.29, 0.717) is 24.8 Å². The van der Waals surface area contributed by atoms with E-state index >= 15 is 0 Å². The van der Waals surface area contributed by atoms with Gasteiger partial charge in [0, 0.05) is 12.5 Å². The van der Waals surface area contributed by atoms with Gasteiger partial charge in [-0.1, -0.05) is 6.07 Å². The quantitative estimate of drug-likeness (QED) is 0.867. The fraction of sp³-hybridized carbons (Fsp3) is 0.467. The predicted octanol–water partition coefficient (Wildman–Crippen LogP) is 3.10. The highest BCUT2D eigenvalue weighted by molar-refractivity contribution is 5.70. The van der Waals surface area contributed by atoms with E-state index in [0.717, 1.165) is 12.1 Å². The molecule has 7 heteroatoms. The Morgan fingerprint density at radius 1 is 1.32 bits per heavy atom. The molecule has 1 aromatic carbocycles. The first kappa shape index (κ1) is 16.2. The largest absolute Gasteiger partial charge is 0.469 e. The number of carbonyl (C=O) groups excluding carboxylic acids is 1. The Hall–Kier alpha value is -2.18. The lowest BCUT2D eigenvalue weighted by Crippen LogP contribution is -2.36. The normalized spacial score (nSPS) is 21.0. The molecular formula is C15H17F2NO4. The van der Waals surface area contributed by atoms with Crippen molar-refractivity contribution in [2.75, 3.05) is 7.11 Å². The number of methoxy groups -OCH3 is 1. The van der Waals surface area contributed by atoms with Crippen LogP contribution >= 0.6 is 0 Å². The highest BCUT2D eigenvalue weighted by Crippen LogP contribution is 2.38. The van der Waals surface area contributed by atoms with Crippen LogP contribution in [0.4, 0.5) is 13.6 Å². The van der Waals surface area contributed by atoms with Gasteiger partial charge in [0.15, 0.2) is 11.6 Å². The molecule has 0 unspecified atom stereocenters. The minimum atomic E-state index is -1.14. The van der Waals surface area contributed by atoms with Crippen LogP contribution in [-0.4, -0.2) is 35.2 Å². The number of amides is 1. The number of halogens is 2. The van der Waals surface area contributed by atoms with Gasteiger partial charge in [0.1, 0.15) is 0 Å². The van der Waals surface area contributed by atoms with Crippen LogP contribution in [0.5, 0.6) is 0 Å². The lowest BCUT2D eigenvalue weighted by Gasteiger charge is -2.27. The second-order valence-corrected chi connectivity index (χ2v) is 5.23. The molecule has 2 rings (SSSR count). The van der Waals surface area contributed by atoms with E-state index in [1.54, 1.807) is 0 Å². The van der Waals surface area contributed by atoms with Crippen LogP contribution in [-0.2, 0) is 9.53 Å². The lowest BCUT2D eigenvalue weighted by atomic mass is 10.0. The van der Waals surface area contributed by atoms with Gasteiger partial charge in [-0.2, -0.15) is 0 Å². The number of hydrogen-bond acceptors (Lipinski definition) is 3. The average molecular weight is 313 g/mol. The molecule has 1 saturated heterocycles. The fourth-order valence-corrected chi connectivity index (χ4v) is 2.89. The summed E-state index contributed by atoms with van der Waals surface area (Å²) >= 11 is 0. The molecule has 5 nitrogen and oxygen atoms in total. The molecule has 1 fully saturated rings. The topological polar surface area (TPSA) is 66.8 Å². The van der Waals surface area contributed by atoms with E-state index in [1.165, 1.54) is 18.1 Å². The lowest BCUT2D eigenvalue weighted by molar-refractivity contribution is -0.141. The molecule has 0 spiro atoms. The number of carbonyl (C=O) groups is 2. The van der Waals surface area contributed by atoms with Crippen molar-refractivity contribution in [2.24, 2.45) is 0 Å². The first-order valence-corrected chi connectivity index (χ1v) is 6.97. The third kappa shape index (κ3) is 3.35. The molecule has 0 aliphatic carbocycles. The summed E-state index contributed by atoms with van der Waals surface area (Å²) in [6, 6.07) is 2.54. The minimum absolute atomic E-state index is 0.120. The van der Waals surface area contributed by atoms with E-state index < -0.39 is 29.7 Å². The number of esters is 1. The van der Waals surface area contributed by atoms with Crippen molar-refractivity contribution >= 4 is 12.1 Å². The van der Waals surface area contributed by atoms with Crippen molar-refractivity contribution in [1.29, 1.82) is 0 Å². The van der Waals surface area contributed by atoms with E-state index in [2.05, 4.69) is 4.74 Å². The Balaban J connectivity index is 2.16. The van der Waals surface area contributed by atoms with Gasteiger partial charge in [0.2, 0.25) is 0 Å². The summed E-state index contributed by atoms with van der Waals surface area (Å²) in [7, 11) is 1.27. The van der Waals surface area contributed by atoms with Crippen LogP contribution in [0.1, 0.15) is 37.3 Å². The van der Waals surface area contributed by atoms with Crippen molar-refractivity contribution in [3.05, 3.63) is 35.4 Å². The molecule has 0 bridgehead atoms. The van der Waals surface area contributed by atoms with Crippen LogP contribution in [0, 0.1) is 11.6 Å². The number of carboxylic acid groups (broad SMARTS) is 1. The molecule has 1 aliphatic rings. The molecule has 1 aliphatic heterocycles. The average Bonchev–Trinajstić information content (AvgIpc) is 2.91. The Bertz CT molecular complexity index is 579. The predicted molar refractivity (Wildman–Crippen MR) is 73.2 cm³/mol. The molecular weight excluding hydrogens is 296 g/mol. The molecule has 0 saturated carbocycles. The standard InChI is InChI=1S/C15H17F2NO4/c1-22-14(19)7-4-10-3-6-13(18(10)15(20)21)9-2-5-11(16)12(17)8-9/h2,5,8,10,13H,3-4,6-7H2,1H3,(H,20,21)/t10-,13+/m0/s1. The van der Waals surface area contributed by atoms with Crippen LogP contribution in [0.15, 0.2) is 18.2 Å². The van der Waals surface area contributed by atoms with Gasteiger partial charge in [0.05, 0.1) is 13.2 Å². The van der Waals surface area contributed by atoms with Crippen molar-refractivity contribution in [3.8, 4) is 0 Å². The number of ether oxygens (including phenoxy) is 1.